The van der Waals surface area contributed by atoms with Gasteiger partial charge in [0, 0.05) is 41.8 Å². The Balaban J connectivity index is 1.09. The smallest absolute Gasteiger partial charge is 0.343 e. The molecule has 0 bridgehead atoms. The Labute approximate surface area is 448 Å². The van der Waals surface area contributed by atoms with E-state index in [2.05, 4.69) is 19.7 Å². The van der Waals surface area contributed by atoms with Gasteiger partial charge in [0.05, 0.1) is 67.6 Å². The molecule has 0 atom stereocenters. The average Bonchev–Trinajstić information content (AvgIpc) is 3.46. The minimum Gasteiger partial charge on any atom is -0.494 e. The van der Waals surface area contributed by atoms with Gasteiger partial charge in [0.2, 0.25) is 0 Å². The lowest BCUT2D eigenvalue weighted by Crippen LogP contribution is -2.12. The summed E-state index contributed by atoms with van der Waals surface area (Å²) in [6.07, 6.45) is 10.9. The zero-order valence-corrected chi connectivity index (χ0v) is 43.2. The number of benzene rings is 5. The second-order valence-corrected chi connectivity index (χ2v) is 17.3. The highest BCUT2D eigenvalue weighted by molar-refractivity contribution is 5.92. The summed E-state index contributed by atoms with van der Waals surface area (Å²) in [7, 11) is 0. The molecule has 0 fully saturated rings. The van der Waals surface area contributed by atoms with E-state index in [1.807, 2.05) is 36.4 Å². The molecule has 0 amide bonds. The summed E-state index contributed by atoms with van der Waals surface area (Å²) in [6, 6.07) is 33.8. The Hall–Kier alpha value is -8.63. The van der Waals surface area contributed by atoms with Crippen LogP contribution in [0.1, 0.15) is 73.7 Å². The first kappa shape index (κ1) is 57.6. The Morgan fingerprint density at radius 3 is 1.48 bits per heavy atom. The number of rotatable bonds is 34. The first-order valence-electron chi connectivity index (χ1n) is 25.6. The molecule has 6 aromatic rings. The number of nitrogens with zero attached hydrogens (tertiary/aromatic N) is 2. The summed E-state index contributed by atoms with van der Waals surface area (Å²) in [6.45, 7) is 12.7. The number of esters is 5. The third kappa shape index (κ3) is 20.2. The molecule has 0 unspecified atom stereocenters. The van der Waals surface area contributed by atoms with Gasteiger partial charge in [-0.25, -0.2) is 29.1 Å². The number of ether oxygens (including phenoxy) is 9. The standard InChI is InChI=1S/C61H64N2O14/c1-4-55(64)73-35-13-9-7-11-33-70-48-26-21-44(22-27-48)23-32-58(67)76-51-19-15-17-46(41-51)60-59(62-53-31-30-50(43-54(53)63-60)72-39-37-69-38-40-75-57(66)6-3)47-18-16-20-52(42-47)77-61(68)45-24-28-49(29-25-45)71-34-12-8-10-14-36-74-56(65)5-2/h4-6,15-22,24-31,41-43H,1-3,7-14,23,32-40H2. The van der Waals surface area contributed by atoms with Gasteiger partial charge in [-0.1, -0.05) is 56.1 Å². The van der Waals surface area contributed by atoms with E-state index in [9.17, 15) is 24.0 Å². The predicted octanol–water partition coefficient (Wildman–Crippen LogP) is 11.2. The first-order chi connectivity index (χ1) is 37.6. The van der Waals surface area contributed by atoms with Crippen LogP contribution in [-0.4, -0.2) is 92.7 Å². The molecule has 0 N–H and O–H groups in total. The molecule has 0 saturated heterocycles. The van der Waals surface area contributed by atoms with Crippen molar-refractivity contribution in [2.24, 2.45) is 0 Å². The van der Waals surface area contributed by atoms with Crippen LogP contribution in [0.3, 0.4) is 0 Å². The molecule has 1 heterocycles. The van der Waals surface area contributed by atoms with Crippen LogP contribution >= 0.6 is 0 Å². The third-order valence-corrected chi connectivity index (χ3v) is 11.5. The van der Waals surface area contributed by atoms with Crippen LogP contribution < -0.4 is 23.7 Å². The van der Waals surface area contributed by atoms with Gasteiger partial charge < -0.3 is 42.6 Å². The second-order valence-electron chi connectivity index (χ2n) is 17.3. The SMILES string of the molecule is C=CC(=O)OCCCCCCOc1ccc(CCC(=O)Oc2cccc(-c3nc4cc(OCCOCCOC(=O)C=C)ccc4nc3-c3cccc(OC(=O)c4ccc(OCCCCCCOC(=O)C=C)cc4)c3)c2)cc1. The topological polar surface area (TPSA) is 194 Å². The van der Waals surface area contributed by atoms with Gasteiger partial charge in [0.15, 0.2) is 0 Å². The minimum atomic E-state index is -0.563. The Morgan fingerprint density at radius 1 is 0.429 bits per heavy atom. The van der Waals surface area contributed by atoms with Gasteiger partial charge in [0.25, 0.3) is 0 Å². The van der Waals surface area contributed by atoms with E-state index < -0.39 is 29.8 Å². The molecule has 5 aromatic carbocycles. The fourth-order valence-electron chi connectivity index (χ4n) is 7.51. The highest BCUT2D eigenvalue weighted by Crippen LogP contribution is 2.35. The maximum atomic E-state index is 13.4. The largest absolute Gasteiger partial charge is 0.494 e. The monoisotopic (exact) mass is 1050 g/mol. The highest BCUT2D eigenvalue weighted by atomic mass is 16.6. The zero-order chi connectivity index (χ0) is 54.5. The van der Waals surface area contributed by atoms with Crippen LogP contribution in [0.25, 0.3) is 33.5 Å². The molecule has 0 spiro atoms. The van der Waals surface area contributed by atoms with Gasteiger partial charge in [-0.3, -0.25) is 4.79 Å². The maximum absolute atomic E-state index is 13.4. The molecule has 0 aliphatic carbocycles. The maximum Gasteiger partial charge on any atom is 0.343 e. The van der Waals surface area contributed by atoms with Gasteiger partial charge in [-0.05, 0) is 136 Å². The lowest BCUT2D eigenvalue weighted by molar-refractivity contribution is -0.139. The van der Waals surface area contributed by atoms with Crippen molar-refractivity contribution in [3.05, 3.63) is 164 Å². The van der Waals surface area contributed by atoms with E-state index in [1.54, 1.807) is 78.9 Å². The lowest BCUT2D eigenvalue weighted by Gasteiger charge is -2.14. The average molecular weight is 1050 g/mol. The van der Waals surface area contributed by atoms with Crippen LogP contribution in [-0.2, 0) is 44.5 Å². The highest BCUT2D eigenvalue weighted by Gasteiger charge is 2.18. The molecular weight excluding hydrogens is 985 g/mol. The van der Waals surface area contributed by atoms with E-state index in [-0.39, 0.29) is 38.6 Å². The van der Waals surface area contributed by atoms with Crippen LogP contribution in [0.2, 0.25) is 0 Å². The quantitative estimate of drug-likeness (QED) is 0.0122. The number of aryl methyl sites for hydroxylation is 1. The molecule has 16 nitrogen and oxygen atoms in total. The van der Waals surface area contributed by atoms with E-state index in [0.717, 1.165) is 80.9 Å². The van der Waals surface area contributed by atoms with Crippen molar-refractivity contribution in [2.75, 3.05) is 52.9 Å². The third-order valence-electron chi connectivity index (χ3n) is 11.5. The first-order valence-corrected chi connectivity index (χ1v) is 25.6. The molecular formula is C61H64N2O14. The van der Waals surface area contributed by atoms with E-state index in [4.69, 9.17) is 52.6 Å². The fourth-order valence-corrected chi connectivity index (χ4v) is 7.51. The number of hydrogen-bond acceptors (Lipinski definition) is 16. The zero-order valence-electron chi connectivity index (χ0n) is 43.2. The number of carbonyl (C=O) groups excluding carboxylic acids is 5. The van der Waals surface area contributed by atoms with Crippen LogP contribution in [0.5, 0.6) is 28.7 Å². The molecule has 1 aromatic heterocycles. The molecule has 0 radical (unpaired) electrons. The summed E-state index contributed by atoms with van der Waals surface area (Å²) in [4.78, 5) is 70.5. The van der Waals surface area contributed by atoms with Gasteiger partial charge in [0.1, 0.15) is 42.0 Å². The number of unbranched alkanes of at least 4 members (excludes halogenated alkanes) is 6. The fraction of sp³-hybridized carbons (Fsp3) is 0.295. The lowest BCUT2D eigenvalue weighted by atomic mass is 10.0. The Kier molecular flexibility index (Phi) is 23.9. The van der Waals surface area contributed by atoms with Crippen LogP contribution in [0.4, 0.5) is 0 Å². The van der Waals surface area contributed by atoms with Crippen molar-refractivity contribution < 1.29 is 66.6 Å². The molecule has 16 heteroatoms. The van der Waals surface area contributed by atoms with Crippen molar-refractivity contribution in [2.45, 2.75) is 64.2 Å². The van der Waals surface area contributed by atoms with Crippen molar-refractivity contribution in [3.63, 3.8) is 0 Å². The molecule has 0 saturated carbocycles. The summed E-state index contributed by atoms with van der Waals surface area (Å²) in [5.74, 6) is 0.152. The molecule has 6 rings (SSSR count). The Bertz CT molecular complexity index is 2920. The van der Waals surface area contributed by atoms with Crippen molar-refractivity contribution in [1.29, 1.82) is 0 Å². The minimum absolute atomic E-state index is 0.0927. The number of carbonyl (C=O) groups is 5. The van der Waals surface area contributed by atoms with Gasteiger partial charge in [-0.15, -0.1) is 0 Å². The molecule has 0 aliphatic rings. The normalized spacial score (nSPS) is 10.7. The van der Waals surface area contributed by atoms with Crippen molar-refractivity contribution >= 4 is 40.9 Å². The van der Waals surface area contributed by atoms with Crippen molar-refractivity contribution in [3.8, 4) is 51.3 Å². The Morgan fingerprint density at radius 2 is 0.909 bits per heavy atom. The van der Waals surface area contributed by atoms with E-state index in [1.165, 1.54) is 0 Å². The van der Waals surface area contributed by atoms with Crippen LogP contribution in [0.15, 0.2) is 153 Å². The van der Waals surface area contributed by atoms with E-state index in [0.29, 0.717) is 89.2 Å². The van der Waals surface area contributed by atoms with Gasteiger partial charge in [-0.2, -0.15) is 0 Å². The predicted molar refractivity (Wildman–Crippen MR) is 290 cm³/mol. The molecule has 0 aliphatic heterocycles. The summed E-state index contributed by atoms with van der Waals surface area (Å²) < 4.78 is 49.9. The van der Waals surface area contributed by atoms with Gasteiger partial charge >= 0.3 is 29.8 Å². The van der Waals surface area contributed by atoms with Crippen molar-refractivity contribution in [1.82, 2.24) is 9.97 Å². The number of aromatic nitrogens is 2. The van der Waals surface area contributed by atoms with E-state index >= 15 is 0 Å². The summed E-state index contributed by atoms with van der Waals surface area (Å²) in [5.41, 5.74) is 4.53. The number of fused-ring (bicyclic) bond motifs is 1. The van der Waals surface area contributed by atoms with Crippen LogP contribution in [0, 0.1) is 0 Å². The second kappa shape index (κ2) is 32.0. The summed E-state index contributed by atoms with van der Waals surface area (Å²) in [5, 5.41) is 0. The molecule has 77 heavy (non-hydrogen) atoms. The summed E-state index contributed by atoms with van der Waals surface area (Å²) >= 11 is 0. The number of hydrogen-bond donors (Lipinski definition) is 0. The molecule has 402 valence electrons.